The Morgan fingerprint density at radius 3 is 2.89 bits per heavy atom. The van der Waals surface area contributed by atoms with Crippen molar-refractivity contribution in [2.24, 2.45) is 0 Å². The van der Waals surface area contributed by atoms with Crippen LogP contribution >= 0.6 is 0 Å². The summed E-state index contributed by atoms with van der Waals surface area (Å²) in [4.78, 5) is 2.40. The van der Waals surface area contributed by atoms with Crippen LogP contribution in [0.15, 0.2) is 12.1 Å². The van der Waals surface area contributed by atoms with E-state index in [1.807, 2.05) is 12.1 Å². The van der Waals surface area contributed by atoms with E-state index in [0.29, 0.717) is 6.79 Å². The minimum absolute atomic E-state index is 0.303. The quantitative estimate of drug-likeness (QED) is 0.860. The number of piperazine rings is 1. The summed E-state index contributed by atoms with van der Waals surface area (Å²) in [5, 5.41) is 3.35. The highest BCUT2D eigenvalue weighted by atomic mass is 16.7. The fourth-order valence-corrected chi connectivity index (χ4v) is 2.45. The molecular weight excluding hydrogens is 232 g/mol. The third kappa shape index (κ3) is 2.11. The number of nitrogens with zero attached hydrogens (tertiary/aromatic N) is 1. The molecule has 0 atom stereocenters. The Morgan fingerprint density at radius 1 is 1.28 bits per heavy atom. The molecule has 1 saturated heterocycles. The van der Waals surface area contributed by atoms with Crippen LogP contribution in [0.2, 0.25) is 0 Å². The molecule has 98 valence electrons. The largest absolute Gasteiger partial charge is 0.496 e. The van der Waals surface area contributed by atoms with E-state index in [0.717, 1.165) is 55.5 Å². The summed E-state index contributed by atoms with van der Waals surface area (Å²) in [6, 6.07) is 3.85. The van der Waals surface area contributed by atoms with Crippen molar-refractivity contribution < 1.29 is 14.2 Å². The zero-order valence-corrected chi connectivity index (χ0v) is 10.6. The molecule has 0 radical (unpaired) electrons. The van der Waals surface area contributed by atoms with Crippen LogP contribution in [0.4, 0.5) is 0 Å². The van der Waals surface area contributed by atoms with Crippen LogP contribution in [0.5, 0.6) is 17.2 Å². The number of rotatable bonds is 3. The van der Waals surface area contributed by atoms with Crippen molar-refractivity contribution in [3.8, 4) is 17.2 Å². The number of fused-ring (bicyclic) bond motifs is 1. The van der Waals surface area contributed by atoms with E-state index < -0.39 is 0 Å². The second kappa shape index (κ2) is 5.04. The molecule has 0 amide bonds. The van der Waals surface area contributed by atoms with E-state index in [9.17, 15) is 0 Å². The number of hydrogen-bond donors (Lipinski definition) is 1. The maximum atomic E-state index is 5.57. The second-order valence-corrected chi connectivity index (χ2v) is 4.51. The lowest BCUT2D eigenvalue weighted by molar-refractivity contribution is 0.170. The number of nitrogens with one attached hydrogen (secondary N) is 1. The average Bonchev–Trinajstić information content (AvgIpc) is 2.89. The summed E-state index contributed by atoms with van der Waals surface area (Å²) in [7, 11) is 1.69. The van der Waals surface area contributed by atoms with Gasteiger partial charge in [0.1, 0.15) is 5.75 Å². The van der Waals surface area contributed by atoms with Crippen LogP contribution < -0.4 is 19.5 Å². The number of benzene rings is 1. The zero-order valence-electron chi connectivity index (χ0n) is 10.6. The molecule has 2 heterocycles. The first-order valence-corrected chi connectivity index (χ1v) is 6.27. The van der Waals surface area contributed by atoms with Gasteiger partial charge < -0.3 is 19.5 Å². The van der Waals surface area contributed by atoms with Gasteiger partial charge in [-0.15, -0.1) is 0 Å². The second-order valence-electron chi connectivity index (χ2n) is 4.51. The highest BCUT2D eigenvalue weighted by molar-refractivity contribution is 5.55. The van der Waals surface area contributed by atoms with Crippen molar-refractivity contribution >= 4 is 0 Å². The lowest BCUT2D eigenvalue weighted by Crippen LogP contribution is -2.42. The van der Waals surface area contributed by atoms with Gasteiger partial charge in [0.05, 0.1) is 12.7 Å². The standard InChI is InChI=1S/C13H18N2O3/c1-16-11-2-3-12-13(18-9-17-12)10(11)8-15-6-4-14-5-7-15/h2-3,14H,4-9H2,1H3. The number of hydrogen-bond acceptors (Lipinski definition) is 5. The van der Waals surface area contributed by atoms with Crippen molar-refractivity contribution in [1.82, 2.24) is 10.2 Å². The Bertz CT molecular complexity index is 430. The van der Waals surface area contributed by atoms with Gasteiger partial charge in [-0.05, 0) is 12.1 Å². The monoisotopic (exact) mass is 250 g/mol. The van der Waals surface area contributed by atoms with E-state index in [2.05, 4.69) is 10.2 Å². The lowest BCUT2D eigenvalue weighted by atomic mass is 10.1. The summed E-state index contributed by atoms with van der Waals surface area (Å²) in [5.41, 5.74) is 1.09. The van der Waals surface area contributed by atoms with Crippen molar-refractivity contribution in [3.05, 3.63) is 17.7 Å². The highest BCUT2D eigenvalue weighted by Gasteiger charge is 2.23. The molecule has 0 aromatic heterocycles. The van der Waals surface area contributed by atoms with Gasteiger partial charge in [0.2, 0.25) is 6.79 Å². The van der Waals surface area contributed by atoms with Crippen molar-refractivity contribution in [2.75, 3.05) is 40.1 Å². The minimum Gasteiger partial charge on any atom is -0.496 e. The predicted molar refractivity (Wildman–Crippen MR) is 67.3 cm³/mol. The predicted octanol–water partition coefficient (Wildman–Crippen LogP) is 0.829. The SMILES string of the molecule is COc1ccc2c(c1CN1CCNCC1)OCO2. The Balaban J connectivity index is 1.86. The van der Waals surface area contributed by atoms with Crippen LogP contribution in [-0.4, -0.2) is 45.0 Å². The lowest BCUT2D eigenvalue weighted by Gasteiger charge is -2.28. The van der Waals surface area contributed by atoms with E-state index in [1.54, 1.807) is 7.11 Å². The van der Waals surface area contributed by atoms with Crippen LogP contribution in [0.3, 0.4) is 0 Å². The smallest absolute Gasteiger partial charge is 0.231 e. The Labute approximate surface area is 107 Å². The van der Waals surface area contributed by atoms with Gasteiger partial charge >= 0.3 is 0 Å². The molecule has 0 bridgehead atoms. The minimum atomic E-state index is 0.303. The fourth-order valence-electron chi connectivity index (χ4n) is 2.45. The third-order valence-corrected chi connectivity index (χ3v) is 3.41. The Morgan fingerprint density at radius 2 is 2.11 bits per heavy atom. The fraction of sp³-hybridized carbons (Fsp3) is 0.538. The summed E-state index contributed by atoms with van der Waals surface area (Å²) in [5.74, 6) is 2.53. The summed E-state index contributed by atoms with van der Waals surface area (Å²) in [6.45, 7) is 5.32. The van der Waals surface area contributed by atoms with E-state index in [-0.39, 0.29) is 0 Å². The van der Waals surface area contributed by atoms with Crippen LogP contribution in [-0.2, 0) is 6.54 Å². The van der Waals surface area contributed by atoms with Crippen LogP contribution in [0.1, 0.15) is 5.56 Å². The topological polar surface area (TPSA) is 43.0 Å². The van der Waals surface area contributed by atoms with E-state index in [1.165, 1.54) is 0 Å². The van der Waals surface area contributed by atoms with Gasteiger partial charge in [-0.1, -0.05) is 0 Å². The molecule has 18 heavy (non-hydrogen) atoms. The molecule has 3 rings (SSSR count). The Kier molecular flexibility index (Phi) is 3.25. The molecule has 5 nitrogen and oxygen atoms in total. The molecule has 0 saturated carbocycles. The first-order valence-electron chi connectivity index (χ1n) is 6.27. The highest BCUT2D eigenvalue weighted by Crippen LogP contribution is 2.41. The first-order chi connectivity index (χ1) is 8.88. The molecule has 2 aliphatic rings. The van der Waals surface area contributed by atoms with Gasteiger partial charge in [-0.3, -0.25) is 4.90 Å². The van der Waals surface area contributed by atoms with Gasteiger partial charge in [0.25, 0.3) is 0 Å². The molecule has 0 spiro atoms. The molecule has 1 N–H and O–H groups in total. The summed E-state index contributed by atoms with van der Waals surface area (Å²) in [6.07, 6.45) is 0. The molecule has 5 heteroatoms. The first kappa shape index (κ1) is 11.6. The van der Waals surface area contributed by atoms with Crippen LogP contribution in [0, 0.1) is 0 Å². The third-order valence-electron chi connectivity index (χ3n) is 3.41. The molecule has 1 aromatic rings. The Hall–Kier alpha value is -1.46. The van der Waals surface area contributed by atoms with Gasteiger partial charge in [0, 0.05) is 32.7 Å². The number of methoxy groups -OCH3 is 1. The van der Waals surface area contributed by atoms with Crippen LogP contribution in [0.25, 0.3) is 0 Å². The van der Waals surface area contributed by atoms with E-state index >= 15 is 0 Å². The molecule has 1 fully saturated rings. The zero-order chi connectivity index (χ0) is 12.4. The molecule has 1 aromatic carbocycles. The van der Waals surface area contributed by atoms with Gasteiger partial charge in [-0.2, -0.15) is 0 Å². The van der Waals surface area contributed by atoms with Gasteiger partial charge in [0.15, 0.2) is 11.5 Å². The molecule has 0 aliphatic carbocycles. The summed E-state index contributed by atoms with van der Waals surface area (Å²) < 4.78 is 16.4. The molecular formula is C13H18N2O3. The van der Waals surface area contributed by atoms with E-state index in [4.69, 9.17) is 14.2 Å². The number of ether oxygens (including phenoxy) is 3. The maximum Gasteiger partial charge on any atom is 0.231 e. The molecule has 0 unspecified atom stereocenters. The maximum absolute atomic E-state index is 5.57. The summed E-state index contributed by atoms with van der Waals surface area (Å²) >= 11 is 0. The van der Waals surface area contributed by atoms with Crippen molar-refractivity contribution in [1.29, 1.82) is 0 Å². The normalized spacial score (nSPS) is 18.9. The van der Waals surface area contributed by atoms with Crippen molar-refractivity contribution in [2.45, 2.75) is 6.54 Å². The average molecular weight is 250 g/mol. The molecule has 2 aliphatic heterocycles. The van der Waals surface area contributed by atoms with Gasteiger partial charge in [-0.25, -0.2) is 0 Å². The van der Waals surface area contributed by atoms with Crippen molar-refractivity contribution in [3.63, 3.8) is 0 Å².